The minimum atomic E-state index is -0.359. The van der Waals surface area contributed by atoms with Gasteiger partial charge in [0.15, 0.2) is 0 Å². The highest BCUT2D eigenvalue weighted by molar-refractivity contribution is 9.10. The van der Waals surface area contributed by atoms with Crippen molar-refractivity contribution in [2.24, 2.45) is 5.10 Å². The highest BCUT2D eigenvalue weighted by atomic mass is 79.9. The first-order chi connectivity index (χ1) is 13.6. The molecular weight excluding hydrogens is 459 g/mol. The third kappa shape index (κ3) is 3.10. The van der Waals surface area contributed by atoms with Crippen molar-refractivity contribution < 1.29 is 4.74 Å². The SMILES string of the molecule is Clc1ccc([C@@H]2Oc3ccccc3[C@@H]3CC(c4ccc(Br)cc4)=NN32)cc1Cl. The minimum Gasteiger partial charge on any atom is -0.464 e. The number of ether oxygens (including phenoxy) is 1. The van der Waals surface area contributed by atoms with E-state index in [1.807, 2.05) is 47.5 Å². The number of fused-ring (bicyclic) bond motifs is 3. The van der Waals surface area contributed by atoms with Crippen LogP contribution < -0.4 is 4.74 Å². The number of hydrogen-bond acceptors (Lipinski definition) is 3. The van der Waals surface area contributed by atoms with Gasteiger partial charge in [0.25, 0.3) is 0 Å². The summed E-state index contributed by atoms with van der Waals surface area (Å²) in [6.07, 6.45) is 0.461. The van der Waals surface area contributed by atoms with E-state index in [2.05, 4.69) is 34.1 Å². The molecule has 3 aromatic carbocycles. The Morgan fingerprint density at radius 2 is 1.75 bits per heavy atom. The number of para-hydroxylation sites is 1. The first-order valence-electron chi connectivity index (χ1n) is 8.92. The minimum absolute atomic E-state index is 0.114. The maximum atomic E-state index is 6.34. The second-order valence-electron chi connectivity index (χ2n) is 6.84. The van der Waals surface area contributed by atoms with Crippen LogP contribution in [0, 0.1) is 0 Å². The van der Waals surface area contributed by atoms with Crippen molar-refractivity contribution in [1.82, 2.24) is 5.01 Å². The molecule has 2 aliphatic heterocycles. The van der Waals surface area contributed by atoms with Crippen LogP contribution in [0.5, 0.6) is 5.75 Å². The van der Waals surface area contributed by atoms with Gasteiger partial charge in [-0.15, -0.1) is 0 Å². The number of hydrazone groups is 1. The largest absolute Gasteiger partial charge is 0.464 e. The van der Waals surface area contributed by atoms with Gasteiger partial charge >= 0.3 is 0 Å². The monoisotopic (exact) mass is 472 g/mol. The van der Waals surface area contributed by atoms with E-state index in [1.54, 1.807) is 6.07 Å². The molecule has 2 heterocycles. The van der Waals surface area contributed by atoms with Crippen LogP contribution in [0.2, 0.25) is 10.0 Å². The fraction of sp³-hybridized carbons (Fsp3) is 0.136. The lowest BCUT2D eigenvalue weighted by Crippen LogP contribution is -2.33. The number of nitrogens with zero attached hydrogens (tertiary/aromatic N) is 2. The molecule has 0 fully saturated rings. The summed E-state index contributed by atoms with van der Waals surface area (Å²) in [5.41, 5.74) is 4.23. The van der Waals surface area contributed by atoms with Crippen molar-refractivity contribution in [3.8, 4) is 5.75 Å². The van der Waals surface area contributed by atoms with Crippen LogP contribution in [0.3, 0.4) is 0 Å². The van der Waals surface area contributed by atoms with Crippen LogP contribution in [-0.2, 0) is 0 Å². The van der Waals surface area contributed by atoms with Crippen LogP contribution in [0.1, 0.15) is 35.4 Å². The molecule has 2 aliphatic rings. The highest BCUT2D eigenvalue weighted by Crippen LogP contribution is 2.47. The van der Waals surface area contributed by atoms with Crippen molar-refractivity contribution in [2.75, 3.05) is 0 Å². The molecule has 0 amide bonds. The normalized spacial score (nSPS) is 20.2. The quantitative estimate of drug-likeness (QED) is 0.400. The van der Waals surface area contributed by atoms with E-state index in [0.29, 0.717) is 10.0 Å². The van der Waals surface area contributed by atoms with Gasteiger partial charge in [0.1, 0.15) is 5.75 Å². The number of rotatable bonds is 2. The van der Waals surface area contributed by atoms with Gasteiger partial charge in [-0.2, -0.15) is 5.10 Å². The standard InChI is InChI=1S/C22H15BrCl2N2O/c23-15-8-5-13(6-9-15)19-12-20-16-3-1-2-4-21(16)28-22(27(20)26-19)14-7-10-17(24)18(25)11-14/h1-11,20,22H,12H2/t20-,22-/m0/s1. The predicted octanol–water partition coefficient (Wildman–Crippen LogP) is 7.00. The third-order valence-corrected chi connectivity index (χ3v) is 6.37. The first-order valence-corrected chi connectivity index (χ1v) is 10.5. The Morgan fingerprint density at radius 1 is 0.964 bits per heavy atom. The van der Waals surface area contributed by atoms with Gasteiger partial charge in [0.05, 0.1) is 21.8 Å². The first kappa shape index (κ1) is 18.0. The Balaban J connectivity index is 1.59. The molecule has 28 heavy (non-hydrogen) atoms. The summed E-state index contributed by atoms with van der Waals surface area (Å²) in [5.74, 6) is 0.882. The maximum absolute atomic E-state index is 6.34. The molecular formula is C22H15BrCl2N2O. The predicted molar refractivity (Wildman–Crippen MR) is 116 cm³/mol. The smallest absolute Gasteiger partial charge is 0.213 e. The molecule has 140 valence electrons. The van der Waals surface area contributed by atoms with E-state index in [-0.39, 0.29) is 12.3 Å². The maximum Gasteiger partial charge on any atom is 0.213 e. The fourth-order valence-corrected chi connectivity index (χ4v) is 4.31. The van der Waals surface area contributed by atoms with Gasteiger partial charge in [-0.3, -0.25) is 0 Å². The summed E-state index contributed by atoms with van der Waals surface area (Å²) >= 11 is 15.9. The summed E-state index contributed by atoms with van der Waals surface area (Å²) in [6, 6.07) is 22.1. The van der Waals surface area contributed by atoms with Gasteiger partial charge in [-0.25, -0.2) is 5.01 Å². The second kappa shape index (κ2) is 7.11. The molecule has 2 atom stereocenters. The molecule has 5 rings (SSSR count). The average Bonchev–Trinajstić information content (AvgIpc) is 3.16. The van der Waals surface area contributed by atoms with E-state index >= 15 is 0 Å². The van der Waals surface area contributed by atoms with Crippen LogP contribution in [0.15, 0.2) is 76.3 Å². The van der Waals surface area contributed by atoms with Crippen molar-refractivity contribution in [3.63, 3.8) is 0 Å². The van der Waals surface area contributed by atoms with Gasteiger partial charge in [0.2, 0.25) is 6.23 Å². The summed E-state index contributed by atoms with van der Waals surface area (Å²) in [6.45, 7) is 0. The molecule has 0 saturated carbocycles. The lowest BCUT2D eigenvalue weighted by Gasteiger charge is -2.38. The van der Waals surface area contributed by atoms with E-state index in [4.69, 9.17) is 33.0 Å². The number of hydrogen-bond donors (Lipinski definition) is 0. The zero-order chi connectivity index (χ0) is 19.3. The van der Waals surface area contributed by atoms with E-state index in [9.17, 15) is 0 Å². The Morgan fingerprint density at radius 3 is 2.54 bits per heavy atom. The molecule has 0 spiro atoms. The zero-order valence-electron chi connectivity index (χ0n) is 14.6. The van der Waals surface area contributed by atoms with E-state index in [1.165, 1.54) is 0 Å². The average molecular weight is 474 g/mol. The van der Waals surface area contributed by atoms with E-state index < -0.39 is 0 Å². The summed E-state index contributed by atoms with van der Waals surface area (Å²) in [5, 5.41) is 8.03. The molecule has 0 bridgehead atoms. The molecule has 0 unspecified atom stereocenters. The third-order valence-electron chi connectivity index (χ3n) is 5.11. The Kier molecular flexibility index (Phi) is 4.58. The van der Waals surface area contributed by atoms with Gasteiger partial charge in [-0.05, 0) is 35.9 Å². The molecule has 0 radical (unpaired) electrons. The molecule has 0 saturated heterocycles. The number of halogens is 3. The van der Waals surface area contributed by atoms with Crippen molar-refractivity contribution in [2.45, 2.75) is 18.7 Å². The van der Waals surface area contributed by atoms with Crippen molar-refractivity contribution in [1.29, 1.82) is 0 Å². The second-order valence-corrected chi connectivity index (χ2v) is 8.57. The Bertz CT molecular complexity index is 1080. The summed E-state index contributed by atoms with van der Waals surface area (Å²) in [7, 11) is 0. The molecule has 0 aromatic heterocycles. The summed E-state index contributed by atoms with van der Waals surface area (Å²) in [4.78, 5) is 0. The van der Waals surface area contributed by atoms with Crippen LogP contribution in [-0.4, -0.2) is 10.7 Å². The van der Waals surface area contributed by atoms with Crippen molar-refractivity contribution in [3.05, 3.63) is 97.9 Å². The van der Waals surface area contributed by atoms with Gasteiger partial charge in [-0.1, -0.05) is 75.5 Å². The van der Waals surface area contributed by atoms with Gasteiger partial charge < -0.3 is 4.74 Å². The molecule has 3 aromatic rings. The Hall–Kier alpha value is -2.01. The molecule has 0 N–H and O–H groups in total. The summed E-state index contributed by atoms with van der Waals surface area (Å²) < 4.78 is 7.39. The molecule has 6 heteroatoms. The zero-order valence-corrected chi connectivity index (χ0v) is 17.7. The van der Waals surface area contributed by atoms with Crippen LogP contribution in [0.4, 0.5) is 0 Å². The fourth-order valence-electron chi connectivity index (χ4n) is 3.74. The topological polar surface area (TPSA) is 24.8 Å². The molecule has 0 aliphatic carbocycles. The lowest BCUT2D eigenvalue weighted by molar-refractivity contribution is -0.0190. The van der Waals surface area contributed by atoms with Crippen LogP contribution >= 0.6 is 39.1 Å². The van der Waals surface area contributed by atoms with E-state index in [0.717, 1.165) is 39.0 Å². The lowest BCUT2D eigenvalue weighted by atomic mass is 9.96. The van der Waals surface area contributed by atoms with Crippen molar-refractivity contribution >= 4 is 44.8 Å². The van der Waals surface area contributed by atoms with Gasteiger partial charge in [0, 0.05) is 22.0 Å². The van der Waals surface area contributed by atoms with Crippen LogP contribution in [0.25, 0.3) is 0 Å². The number of benzene rings is 3. The Labute approximate surface area is 181 Å². The molecule has 3 nitrogen and oxygen atoms in total. The highest BCUT2D eigenvalue weighted by Gasteiger charge is 2.40.